The lowest BCUT2D eigenvalue weighted by Gasteiger charge is -2.63. The third-order valence-corrected chi connectivity index (χ3v) is 7.86. The van der Waals surface area contributed by atoms with E-state index in [9.17, 15) is 0 Å². The Balaban J connectivity index is 1.70. The number of hydrogen-bond acceptors (Lipinski definition) is 2. The summed E-state index contributed by atoms with van der Waals surface area (Å²) in [6.07, 6.45) is 12.9. The predicted octanol–water partition coefficient (Wildman–Crippen LogP) is 5.63. The molecule has 1 aliphatic heterocycles. The van der Waals surface area contributed by atoms with E-state index in [-0.39, 0.29) is 5.60 Å². The first-order chi connectivity index (χ1) is 12.3. The molecular formula is C24H32O2. The highest BCUT2D eigenvalue weighted by Gasteiger charge is 2.60. The van der Waals surface area contributed by atoms with E-state index in [0.29, 0.717) is 23.4 Å². The molecule has 0 N–H and O–H groups in total. The lowest BCUT2D eigenvalue weighted by molar-refractivity contribution is -0.162. The van der Waals surface area contributed by atoms with Gasteiger partial charge in [-0.3, -0.25) is 0 Å². The molecule has 0 saturated heterocycles. The first kappa shape index (κ1) is 17.8. The van der Waals surface area contributed by atoms with Gasteiger partial charge in [0.25, 0.3) is 0 Å². The summed E-state index contributed by atoms with van der Waals surface area (Å²) in [5, 5.41) is 0. The van der Waals surface area contributed by atoms with Crippen molar-refractivity contribution in [2.75, 3.05) is 6.61 Å². The van der Waals surface area contributed by atoms with Gasteiger partial charge in [-0.2, -0.15) is 0 Å². The molecule has 0 amide bonds. The summed E-state index contributed by atoms with van der Waals surface area (Å²) in [7, 11) is 0. The van der Waals surface area contributed by atoms with Crippen molar-refractivity contribution in [1.82, 2.24) is 0 Å². The molecule has 2 heteroatoms. The van der Waals surface area contributed by atoms with Gasteiger partial charge in [0.05, 0.1) is 0 Å². The fourth-order valence-electron chi connectivity index (χ4n) is 6.68. The van der Waals surface area contributed by atoms with Crippen molar-refractivity contribution in [1.29, 1.82) is 0 Å². The molecule has 1 heterocycles. The molecule has 0 radical (unpaired) electrons. The van der Waals surface area contributed by atoms with Crippen LogP contribution in [0.2, 0.25) is 0 Å². The largest absolute Gasteiger partial charge is 0.487 e. The van der Waals surface area contributed by atoms with Crippen LogP contribution in [0, 0.1) is 35.0 Å². The Bertz CT molecular complexity index is 743. The monoisotopic (exact) mass is 352 g/mol. The Kier molecular flexibility index (Phi) is 4.07. The van der Waals surface area contributed by atoms with Crippen molar-refractivity contribution < 1.29 is 9.47 Å². The minimum absolute atomic E-state index is 0.0488. The van der Waals surface area contributed by atoms with E-state index < -0.39 is 0 Å². The average molecular weight is 353 g/mol. The van der Waals surface area contributed by atoms with Crippen molar-refractivity contribution in [3.8, 4) is 23.8 Å². The molecule has 0 bridgehead atoms. The smallest absolute Gasteiger partial charge is 0.148 e. The van der Waals surface area contributed by atoms with E-state index in [0.717, 1.165) is 30.3 Å². The van der Waals surface area contributed by atoms with Gasteiger partial charge in [0.1, 0.15) is 23.7 Å². The van der Waals surface area contributed by atoms with E-state index in [4.69, 9.17) is 15.9 Å². The van der Waals surface area contributed by atoms with Crippen LogP contribution in [0.15, 0.2) is 18.2 Å². The summed E-state index contributed by atoms with van der Waals surface area (Å²) in [5.41, 5.74) is 2.02. The van der Waals surface area contributed by atoms with Gasteiger partial charge in [-0.05, 0) is 79.5 Å². The van der Waals surface area contributed by atoms with Gasteiger partial charge in [-0.15, -0.1) is 6.42 Å². The molecule has 0 unspecified atom stereocenters. The van der Waals surface area contributed by atoms with Crippen LogP contribution in [-0.4, -0.2) is 12.2 Å². The van der Waals surface area contributed by atoms with E-state index >= 15 is 0 Å². The van der Waals surface area contributed by atoms with Crippen LogP contribution in [0.3, 0.4) is 0 Å². The quantitative estimate of drug-likeness (QED) is 0.642. The molecule has 1 aromatic rings. The van der Waals surface area contributed by atoms with E-state index in [1.54, 1.807) is 0 Å². The second-order valence-electron chi connectivity index (χ2n) is 9.87. The lowest BCUT2D eigenvalue weighted by Crippen LogP contribution is -2.61. The average Bonchev–Trinajstić information content (AvgIpc) is 2.57. The Morgan fingerprint density at radius 1 is 1.15 bits per heavy atom. The number of benzene rings is 1. The molecule has 4 atom stereocenters. The third-order valence-electron chi connectivity index (χ3n) is 7.86. The van der Waals surface area contributed by atoms with Crippen LogP contribution < -0.4 is 9.47 Å². The SMILES string of the molecule is C#CCOc1ccc2c(c1)C[C@@H]1[C@@]3(C)CCCC(C)(C)[C@@H]3CC[C@@]1(C)O2. The highest BCUT2D eigenvalue weighted by Crippen LogP contribution is 2.64. The summed E-state index contributed by atoms with van der Waals surface area (Å²) < 4.78 is 12.3. The van der Waals surface area contributed by atoms with E-state index in [2.05, 4.69) is 45.7 Å². The zero-order chi connectivity index (χ0) is 18.6. The minimum atomic E-state index is -0.0488. The molecule has 140 valence electrons. The maximum Gasteiger partial charge on any atom is 0.148 e. The molecule has 2 aliphatic carbocycles. The number of terminal acetylenes is 1. The summed E-state index contributed by atoms with van der Waals surface area (Å²) in [4.78, 5) is 0. The maximum absolute atomic E-state index is 6.67. The molecule has 0 aromatic heterocycles. The van der Waals surface area contributed by atoms with Crippen molar-refractivity contribution >= 4 is 0 Å². The van der Waals surface area contributed by atoms with Crippen molar-refractivity contribution in [2.24, 2.45) is 22.7 Å². The van der Waals surface area contributed by atoms with Gasteiger partial charge in [0.2, 0.25) is 0 Å². The number of hydrogen-bond donors (Lipinski definition) is 0. The van der Waals surface area contributed by atoms with Gasteiger partial charge < -0.3 is 9.47 Å². The molecule has 2 saturated carbocycles. The van der Waals surface area contributed by atoms with Gasteiger partial charge in [-0.25, -0.2) is 0 Å². The van der Waals surface area contributed by atoms with Crippen LogP contribution in [0.25, 0.3) is 0 Å². The highest BCUT2D eigenvalue weighted by molar-refractivity contribution is 5.43. The zero-order valence-corrected chi connectivity index (χ0v) is 16.7. The molecular weight excluding hydrogens is 320 g/mol. The number of ether oxygens (including phenoxy) is 2. The maximum atomic E-state index is 6.67. The number of fused-ring (bicyclic) bond motifs is 4. The Labute approximate surface area is 158 Å². The normalized spacial score (nSPS) is 37.3. The summed E-state index contributed by atoms with van der Waals surface area (Å²) >= 11 is 0. The van der Waals surface area contributed by atoms with Crippen LogP contribution in [0.1, 0.15) is 65.4 Å². The molecule has 2 nitrogen and oxygen atoms in total. The third kappa shape index (κ3) is 2.63. The number of rotatable bonds is 2. The van der Waals surface area contributed by atoms with Crippen molar-refractivity contribution in [3.63, 3.8) is 0 Å². The molecule has 2 fully saturated rings. The van der Waals surface area contributed by atoms with Crippen LogP contribution in [-0.2, 0) is 6.42 Å². The lowest BCUT2D eigenvalue weighted by atomic mass is 9.44. The fraction of sp³-hybridized carbons (Fsp3) is 0.667. The topological polar surface area (TPSA) is 18.5 Å². The molecule has 1 aromatic carbocycles. The fourth-order valence-corrected chi connectivity index (χ4v) is 6.68. The minimum Gasteiger partial charge on any atom is -0.487 e. The van der Waals surface area contributed by atoms with Gasteiger partial charge >= 0.3 is 0 Å². The highest BCUT2D eigenvalue weighted by atomic mass is 16.5. The van der Waals surface area contributed by atoms with Crippen molar-refractivity contribution in [3.05, 3.63) is 23.8 Å². The second kappa shape index (κ2) is 5.95. The van der Waals surface area contributed by atoms with E-state index in [1.807, 2.05) is 6.07 Å². The van der Waals surface area contributed by atoms with Gasteiger partial charge in [0, 0.05) is 5.92 Å². The first-order valence-electron chi connectivity index (χ1n) is 10.2. The molecule has 4 rings (SSSR count). The van der Waals surface area contributed by atoms with E-state index in [1.165, 1.54) is 31.2 Å². The summed E-state index contributed by atoms with van der Waals surface area (Å²) in [5.74, 6) is 5.78. The van der Waals surface area contributed by atoms with Crippen molar-refractivity contribution in [2.45, 2.75) is 71.8 Å². The predicted molar refractivity (Wildman–Crippen MR) is 105 cm³/mol. The Morgan fingerprint density at radius 3 is 2.73 bits per heavy atom. The summed E-state index contributed by atoms with van der Waals surface area (Å²) in [6, 6.07) is 6.20. The zero-order valence-electron chi connectivity index (χ0n) is 16.7. The molecule has 26 heavy (non-hydrogen) atoms. The first-order valence-corrected chi connectivity index (χ1v) is 10.2. The molecule has 3 aliphatic rings. The van der Waals surface area contributed by atoms with Crippen LogP contribution in [0.5, 0.6) is 11.5 Å². The summed E-state index contributed by atoms with van der Waals surface area (Å²) in [6.45, 7) is 10.2. The van der Waals surface area contributed by atoms with Crippen LogP contribution >= 0.6 is 0 Å². The second-order valence-corrected chi connectivity index (χ2v) is 9.87. The Hall–Kier alpha value is -1.62. The van der Waals surface area contributed by atoms with Gasteiger partial charge in [-0.1, -0.05) is 33.1 Å². The van der Waals surface area contributed by atoms with Crippen LogP contribution in [0.4, 0.5) is 0 Å². The Morgan fingerprint density at radius 2 is 1.96 bits per heavy atom. The molecule has 0 spiro atoms. The van der Waals surface area contributed by atoms with Gasteiger partial charge in [0.15, 0.2) is 0 Å². The standard InChI is InChI=1S/C24H32O2/c1-6-14-25-18-8-9-19-17(15-18)16-21-23(4)12-7-11-22(2,3)20(23)10-13-24(21,5)26-19/h1,8-9,15,20-21H,7,10-14,16H2,2-5H3/t20-,21+,23-,24+/m0/s1.